The van der Waals surface area contributed by atoms with Gasteiger partial charge < -0.3 is 5.73 Å². The van der Waals surface area contributed by atoms with Gasteiger partial charge in [0.2, 0.25) is 0 Å². The Bertz CT molecular complexity index is 388. The number of nitrogens with zero attached hydrogens (tertiary/aromatic N) is 1. The predicted molar refractivity (Wildman–Crippen MR) is 84.5 cm³/mol. The van der Waals surface area contributed by atoms with Gasteiger partial charge in [-0.2, -0.15) is 0 Å². The molecule has 1 aromatic rings. The second-order valence-electron chi connectivity index (χ2n) is 6.04. The van der Waals surface area contributed by atoms with E-state index >= 15 is 0 Å². The first-order chi connectivity index (χ1) is 8.82. The van der Waals surface area contributed by atoms with Gasteiger partial charge in [0, 0.05) is 29.7 Å². The quantitative estimate of drug-likeness (QED) is 0.851. The number of hydrogen-bond acceptors (Lipinski definition) is 2. The number of nitrogens with two attached hydrogens (primary N) is 1. The molecule has 0 saturated carbocycles. The highest BCUT2D eigenvalue weighted by molar-refractivity contribution is 6.30. The molecule has 19 heavy (non-hydrogen) atoms. The largest absolute Gasteiger partial charge is 0.326 e. The molecule has 1 rings (SSSR count). The fourth-order valence-electron chi connectivity index (χ4n) is 2.55. The molecule has 2 unspecified atom stereocenters. The molecule has 2 N–H and O–H groups in total. The maximum atomic E-state index is 6.25. The lowest BCUT2D eigenvalue weighted by molar-refractivity contribution is 0.119. The van der Waals surface area contributed by atoms with Crippen LogP contribution in [0.5, 0.6) is 0 Å². The Morgan fingerprint density at radius 2 is 1.79 bits per heavy atom. The maximum Gasteiger partial charge on any atom is 0.0499 e. The molecular weight excluding hydrogens is 256 g/mol. The second kappa shape index (κ2) is 7.28. The van der Waals surface area contributed by atoms with E-state index in [-0.39, 0.29) is 12.1 Å². The molecule has 0 heterocycles. The predicted octanol–water partition coefficient (Wildman–Crippen LogP) is 4.09. The number of halogens is 1. The van der Waals surface area contributed by atoms with Gasteiger partial charge in [0.15, 0.2) is 0 Å². The first-order valence-electron chi connectivity index (χ1n) is 7.09. The summed E-state index contributed by atoms with van der Waals surface area (Å²) in [5.41, 5.74) is 7.45. The first-order valence-corrected chi connectivity index (χ1v) is 7.47. The molecule has 0 aromatic heterocycles. The molecule has 0 aliphatic rings. The van der Waals surface area contributed by atoms with Gasteiger partial charge in [0.25, 0.3) is 0 Å². The number of benzene rings is 1. The third-order valence-electron chi connectivity index (χ3n) is 3.28. The van der Waals surface area contributed by atoms with Crippen molar-refractivity contribution in [1.82, 2.24) is 4.90 Å². The summed E-state index contributed by atoms with van der Waals surface area (Å²) in [6, 6.07) is 8.80. The molecule has 0 radical (unpaired) electrons. The molecule has 3 heteroatoms. The summed E-state index contributed by atoms with van der Waals surface area (Å²) in [7, 11) is 0. The lowest BCUT2D eigenvalue weighted by atomic mass is 9.96. The second-order valence-corrected chi connectivity index (χ2v) is 6.48. The van der Waals surface area contributed by atoms with E-state index in [2.05, 4.69) is 45.6 Å². The van der Waals surface area contributed by atoms with Crippen LogP contribution in [0, 0.1) is 5.92 Å². The van der Waals surface area contributed by atoms with Gasteiger partial charge in [-0.3, -0.25) is 4.90 Å². The zero-order valence-electron chi connectivity index (χ0n) is 12.7. The van der Waals surface area contributed by atoms with E-state index in [9.17, 15) is 0 Å². The van der Waals surface area contributed by atoms with Crippen LogP contribution in [0.15, 0.2) is 24.3 Å². The van der Waals surface area contributed by atoms with Gasteiger partial charge in [-0.05, 0) is 44.4 Å². The fourth-order valence-corrected chi connectivity index (χ4v) is 2.75. The maximum absolute atomic E-state index is 6.25. The molecule has 0 fully saturated rings. The Kier molecular flexibility index (Phi) is 6.31. The van der Waals surface area contributed by atoms with Gasteiger partial charge in [0.05, 0.1) is 0 Å². The normalized spacial score (nSPS) is 15.3. The zero-order chi connectivity index (χ0) is 14.6. The average molecular weight is 283 g/mol. The molecule has 108 valence electrons. The SMILES string of the molecule is CC(C)CN(C(C)C)C(c1cccc(Cl)c1)C(C)N. The number of hydrogen-bond donors (Lipinski definition) is 1. The number of rotatable bonds is 6. The van der Waals surface area contributed by atoms with E-state index in [0.29, 0.717) is 12.0 Å². The minimum atomic E-state index is 0.0691. The van der Waals surface area contributed by atoms with Gasteiger partial charge in [-0.25, -0.2) is 0 Å². The Morgan fingerprint density at radius 3 is 2.21 bits per heavy atom. The van der Waals surface area contributed by atoms with E-state index in [1.807, 2.05) is 18.2 Å². The van der Waals surface area contributed by atoms with Crippen molar-refractivity contribution >= 4 is 11.6 Å². The van der Waals surface area contributed by atoms with Crippen molar-refractivity contribution in [1.29, 1.82) is 0 Å². The van der Waals surface area contributed by atoms with Crippen LogP contribution in [0.2, 0.25) is 5.02 Å². The average Bonchev–Trinajstić information content (AvgIpc) is 2.27. The van der Waals surface area contributed by atoms with Gasteiger partial charge >= 0.3 is 0 Å². The fraction of sp³-hybridized carbons (Fsp3) is 0.625. The highest BCUT2D eigenvalue weighted by atomic mass is 35.5. The summed E-state index contributed by atoms with van der Waals surface area (Å²) >= 11 is 6.12. The monoisotopic (exact) mass is 282 g/mol. The molecule has 2 nitrogen and oxygen atoms in total. The minimum Gasteiger partial charge on any atom is -0.326 e. The van der Waals surface area contributed by atoms with Gasteiger partial charge in [-0.15, -0.1) is 0 Å². The van der Waals surface area contributed by atoms with Crippen LogP contribution in [-0.4, -0.2) is 23.5 Å². The van der Waals surface area contributed by atoms with Crippen LogP contribution in [0.4, 0.5) is 0 Å². The van der Waals surface area contributed by atoms with E-state index in [1.54, 1.807) is 0 Å². The van der Waals surface area contributed by atoms with Crippen LogP contribution in [0.25, 0.3) is 0 Å². The van der Waals surface area contributed by atoms with Crippen LogP contribution in [0.3, 0.4) is 0 Å². The lowest BCUT2D eigenvalue weighted by Gasteiger charge is -2.38. The van der Waals surface area contributed by atoms with Crippen molar-refractivity contribution in [3.8, 4) is 0 Å². The molecular formula is C16H27ClN2. The Hall–Kier alpha value is -0.570. The molecule has 0 saturated heterocycles. The summed E-state index contributed by atoms with van der Waals surface area (Å²) < 4.78 is 0. The van der Waals surface area contributed by atoms with Crippen molar-refractivity contribution < 1.29 is 0 Å². The van der Waals surface area contributed by atoms with Crippen molar-refractivity contribution in [3.05, 3.63) is 34.9 Å². The van der Waals surface area contributed by atoms with Gasteiger partial charge in [-0.1, -0.05) is 37.6 Å². The third-order valence-corrected chi connectivity index (χ3v) is 3.52. The van der Waals surface area contributed by atoms with Crippen molar-refractivity contribution in [2.45, 2.75) is 52.7 Å². The van der Waals surface area contributed by atoms with Crippen LogP contribution in [0.1, 0.15) is 46.2 Å². The lowest BCUT2D eigenvalue weighted by Crippen LogP contribution is -2.44. The van der Waals surface area contributed by atoms with Crippen LogP contribution < -0.4 is 5.73 Å². The van der Waals surface area contributed by atoms with E-state index in [0.717, 1.165) is 11.6 Å². The molecule has 0 spiro atoms. The standard InChI is InChI=1S/C16H27ClN2/c1-11(2)10-19(12(3)4)16(13(5)18)14-7-6-8-15(17)9-14/h6-9,11-13,16H,10,18H2,1-5H3. The first kappa shape index (κ1) is 16.5. The summed E-state index contributed by atoms with van der Waals surface area (Å²) in [6.07, 6.45) is 0. The summed E-state index contributed by atoms with van der Waals surface area (Å²) in [6.45, 7) is 12.0. The molecule has 0 aliphatic heterocycles. The smallest absolute Gasteiger partial charge is 0.0499 e. The molecule has 0 aliphatic carbocycles. The summed E-state index contributed by atoms with van der Waals surface area (Å²) in [5.74, 6) is 0.614. The summed E-state index contributed by atoms with van der Waals surface area (Å²) in [5, 5.41) is 0.774. The third kappa shape index (κ3) is 4.79. The molecule has 2 atom stereocenters. The van der Waals surface area contributed by atoms with Crippen molar-refractivity contribution in [3.63, 3.8) is 0 Å². The van der Waals surface area contributed by atoms with E-state index in [1.165, 1.54) is 5.56 Å². The van der Waals surface area contributed by atoms with Crippen LogP contribution >= 0.6 is 11.6 Å². The van der Waals surface area contributed by atoms with Crippen molar-refractivity contribution in [2.75, 3.05) is 6.54 Å². The molecule has 0 bridgehead atoms. The molecule has 0 amide bonds. The topological polar surface area (TPSA) is 29.3 Å². The highest BCUT2D eigenvalue weighted by Crippen LogP contribution is 2.28. The molecule has 1 aromatic carbocycles. The highest BCUT2D eigenvalue weighted by Gasteiger charge is 2.26. The Balaban J connectivity index is 3.10. The summed E-state index contributed by atoms with van der Waals surface area (Å²) in [4.78, 5) is 2.47. The van der Waals surface area contributed by atoms with E-state index in [4.69, 9.17) is 17.3 Å². The van der Waals surface area contributed by atoms with Crippen LogP contribution in [-0.2, 0) is 0 Å². The van der Waals surface area contributed by atoms with Crippen molar-refractivity contribution in [2.24, 2.45) is 11.7 Å². The van der Waals surface area contributed by atoms with E-state index < -0.39 is 0 Å². The Labute approximate surface area is 122 Å². The Morgan fingerprint density at radius 1 is 1.16 bits per heavy atom. The van der Waals surface area contributed by atoms with Gasteiger partial charge in [0.1, 0.15) is 0 Å². The zero-order valence-corrected chi connectivity index (χ0v) is 13.5. The minimum absolute atomic E-state index is 0.0691.